The van der Waals surface area contributed by atoms with Crippen LogP contribution in [0.15, 0.2) is 0 Å². The molecule has 72 valence electrons. The van der Waals surface area contributed by atoms with E-state index in [1.807, 2.05) is 0 Å². The Morgan fingerprint density at radius 2 is 1.83 bits per heavy atom. The Labute approximate surface area is 76.1 Å². The second kappa shape index (κ2) is 4.24. The van der Waals surface area contributed by atoms with E-state index in [2.05, 4.69) is 18.7 Å². The monoisotopic (exact) mass is 170 g/mol. The first-order chi connectivity index (χ1) is 5.64. The second-order valence-electron chi connectivity index (χ2n) is 4.72. The minimum atomic E-state index is 0.591. The third kappa shape index (κ3) is 3.11. The maximum absolute atomic E-state index is 5.42. The molecule has 0 spiro atoms. The van der Waals surface area contributed by atoms with Crippen molar-refractivity contribution >= 4 is 0 Å². The predicted molar refractivity (Wildman–Crippen MR) is 53.1 cm³/mol. The van der Waals surface area contributed by atoms with Crippen LogP contribution in [0.5, 0.6) is 0 Å². The lowest BCUT2D eigenvalue weighted by molar-refractivity contribution is 0.0300. The van der Waals surface area contributed by atoms with E-state index < -0.39 is 0 Å². The van der Waals surface area contributed by atoms with Gasteiger partial charge in [-0.2, -0.15) is 0 Å². The van der Waals surface area contributed by atoms with Gasteiger partial charge in [0.25, 0.3) is 0 Å². The molecule has 1 aliphatic rings. The summed E-state index contributed by atoms with van der Waals surface area (Å²) in [7, 11) is 0. The topological polar surface area (TPSA) is 29.3 Å². The van der Waals surface area contributed by atoms with Gasteiger partial charge >= 0.3 is 0 Å². The zero-order valence-corrected chi connectivity index (χ0v) is 8.47. The summed E-state index contributed by atoms with van der Waals surface area (Å²) in [4.78, 5) is 2.54. The number of hydrogen-bond donors (Lipinski definition) is 1. The van der Waals surface area contributed by atoms with Crippen molar-refractivity contribution in [2.24, 2.45) is 11.1 Å². The number of nitrogens with two attached hydrogens (primary N) is 1. The van der Waals surface area contributed by atoms with Crippen LogP contribution in [-0.2, 0) is 0 Å². The fraction of sp³-hybridized carbons (Fsp3) is 1.00. The van der Waals surface area contributed by atoms with Crippen LogP contribution in [0.1, 0.15) is 33.1 Å². The first kappa shape index (κ1) is 10.0. The molecule has 1 saturated heterocycles. The van der Waals surface area contributed by atoms with E-state index >= 15 is 0 Å². The molecule has 1 aliphatic heterocycles. The fourth-order valence-corrected chi connectivity index (χ4v) is 1.98. The van der Waals surface area contributed by atoms with Crippen molar-refractivity contribution in [2.75, 3.05) is 26.2 Å². The smallest absolute Gasteiger partial charge is 0.00452 e. The Bertz CT molecular complexity index is 124. The Morgan fingerprint density at radius 3 is 2.33 bits per heavy atom. The van der Waals surface area contributed by atoms with Gasteiger partial charge in [0.15, 0.2) is 0 Å². The summed E-state index contributed by atoms with van der Waals surface area (Å²) in [6.45, 7) is 9.38. The molecule has 1 fully saturated rings. The van der Waals surface area contributed by atoms with Gasteiger partial charge in [0.05, 0.1) is 0 Å². The zero-order valence-electron chi connectivity index (χ0n) is 8.47. The lowest BCUT2D eigenvalue weighted by Gasteiger charge is -2.46. The molecule has 2 nitrogen and oxygen atoms in total. The number of rotatable bonds is 5. The molecular formula is C10H22N2. The van der Waals surface area contributed by atoms with Crippen LogP contribution < -0.4 is 5.73 Å². The minimum absolute atomic E-state index is 0.591. The molecule has 2 heteroatoms. The quantitative estimate of drug-likeness (QED) is 0.633. The molecule has 1 rings (SSSR count). The van der Waals surface area contributed by atoms with E-state index in [-0.39, 0.29) is 0 Å². The molecule has 0 atom stereocenters. The lowest BCUT2D eigenvalue weighted by Crippen LogP contribution is -2.52. The normalized spacial score (nSPS) is 22.2. The number of unbranched alkanes of at least 4 members (excludes halogenated alkanes) is 2. The largest absolute Gasteiger partial charge is 0.330 e. The van der Waals surface area contributed by atoms with E-state index in [1.54, 1.807) is 0 Å². The van der Waals surface area contributed by atoms with Crippen LogP contribution in [-0.4, -0.2) is 31.1 Å². The summed E-state index contributed by atoms with van der Waals surface area (Å²) < 4.78 is 0. The molecule has 0 amide bonds. The van der Waals surface area contributed by atoms with Gasteiger partial charge in [-0.15, -0.1) is 0 Å². The van der Waals surface area contributed by atoms with Crippen LogP contribution in [0.2, 0.25) is 0 Å². The summed E-state index contributed by atoms with van der Waals surface area (Å²) in [5.41, 5.74) is 6.01. The molecule has 12 heavy (non-hydrogen) atoms. The summed E-state index contributed by atoms with van der Waals surface area (Å²) >= 11 is 0. The highest BCUT2D eigenvalue weighted by molar-refractivity contribution is 4.86. The molecule has 0 aliphatic carbocycles. The Balaban J connectivity index is 1.90. The average Bonchev–Trinajstić information content (AvgIpc) is 1.94. The molecular weight excluding hydrogens is 148 g/mol. The van der Waals surface area contributed by atoms with Crippen LogP contribution in [0.3, 0.4) is 0 Å². The minimum Gasteiger partial charge on any atom is -0.330 e. The summed E-state index contributed by atoms with van der Waals surface area (Å²) in [5, 5.41) is 0. The third-order valence-corrected chi connectivity index (χ3v) is 2.48. The third-order valence-electron chi connectivity index (χ3n) is 2.48. The standard InChI is InChI=1S/C10H22N2/c1-10(2)8-12(9-10)7-5-3-4-6-11/h3-9,11H2,1-2H3. The summed E-state index contributed by atoms with van der Waals surface area (Å²) in [5.74, 6) is 0. The van der Waals surface area contributed by atoms with Crippen LogP contribution in [0, 0.1) is 5.41 Å². The van der Waals surface area contributed by atoms with Crippen molar-refractivity contribution in [1.29, 1.82) is 0 Å². The van der Waals surface area contributed by atoms with Crippen molar-refractivity contribution in [1.82, 2.24) is 4.90 Å². The van der Waals surface area contributed by atoms with E-state index in [4.69, 9.17) is 5.73 Å². The van der Waals surface area contributed by atoms with E-state index in [9.17, 15) is 0 Å². The van der Waals surface area contributed by atoms with Gasteiger partial charge in [-0.25, -0.2) is 0 Å². The van der Waals surface area contributed by atoms with Gasteiger partial charge in [0, 0.05) is 13.1 Å². The van der Waals surface area contributed by atoms with Gasteiger partial charge in [-0.1, -0.05) is 20.3 Å². The van der Waals surface area contributed by atoms with Gasteiger partial charge in [0.2, 0.25) is 0 Å². The maximum Gasteiger partial charge on any atom is 0.00452 e. The first-order valence-electron chi connectivity index (χ1n) is 5.06. The Hall–Kier alpha value is -0.0800. The number of nitrogens with zero attached hydrogens (tertiary/aromatic N) is 1. The van der Waals surface area contributed by atoms with E-state index in [1.165, 1.54) is 38.9 Å². The Kier molecular flexibility index (Phi) is 3.53. The maximum atomic E-state index is 5.42. The number of hydrogen-bond acceptors (Lipinski definition) is 2. The summed E-state index contributed by atoms with van der Waals surface area (Å²) in [6.07, 6.45) is 3.82. The highest BCUT2D eigenvalue weighted by Gasteiger charge is 2.32. The van der Waals surface area contributed by atoms with Crippen LogP contribution in [0.25, 0.3) is 0 Å². The molecule has 0 bridgehead atoms. The van der Waals surface area contributed by atoms with Crippen LogP contribution in [0.4, 0.5) is 0 Å². The molecule has 0 aromatic carbocycles. The highest BCUT2D eigenvalue weighted by atomic mass is 15.2. The average molecular weight is 170 g/mol. The molecule has 0 aromatic heterocycles. The van der Waals surface area contributed by atoms with Crippen molar-refractivity contribution in [2.45, 2.75) is 33.1 Å². The van der Waals surface area contributed by atoms with E-state index in [0.717, 1.165) is 6.54 Å². The molecule has 1 heterocycles. The van der Waals surface area contributed by atoms with E-state index in [0.29, 0.717) is 5.41 Å². The predicted octanol–water partition coefficient (Wildman–Crippen LogP) is 1.46. The van der Waals surface area contributed by atoms with Crippen molar-refractivity contribution in [3.63, 3.8) is 0 Å². The first-order valence-corrected chi connectivity index (χ1v) is 5.06. The van der Waals surface area contributed by atoms with Crippen LogP contribution >= 0.6 is 0 Å². The van der Waals surface area contributed by atoms with Gasteiger partial charge in [0.1, 0.15) is 0 Å². The van der Waals surface area contributed by atoms with Gasteiger partial charge < -0.3 is 10.6 Å². The molecule has 0 radical (unpaired) electrons. The van der Waals surface area contributed by atoms with Gasteiger partial charge in [-0.3, -0.25) is 0 Å². The SMILES string of the molecule is CC1(C)CN(CCCCCN)C1. The molecule has 0 saturated carbocycles. The second-order valence-corrected chi connectivity index (χ2v) is 4.72. The lowest BCUT2D eigenvalue weighted by atomic mass is 9.84. The molecule has 2 N–H and O–H groups in total. The van der Waals surface area contributed by atoms with Crippen molar-refractivity contribution in [3.05, 3.63) is 0 Å². The fourth-order valence-electron chi connectivity index (χ4n) is 1.98. The van der Waals surface area contributed by atoms with Crippen molar-refractivity contribution in [3.8, 4) is 0 Å². The summed E-state index contributed by atoms with van der Waals surface area (Å²) in [6, 6.07) is 0. The number of likely N-dealkylation sites (tertiary alicyclic amines) is 1. The van der Waals surface area contributed by atoms with Gasteiger partial charge in [-0.05, 0) is 31.3 Å². The zero-order chi connectivity index (χ0) is 9.03. The molecule has 0 aromatic rings. The Morgan fingerprint density at radius 1 is 1.17 bits per heavy atom. The molecule has 0 unspecified atom stereocenters. The van der Waals surface area contributed by atoms with Crippen molar-refractivity contribution < 1.29 is 0 Å². The highest BCUT2D eigenvalue weighted by Crippen LogP contribution is 2.28.